The number of methoxy groups -OCH3 is 1. The summed E-state index contributed by atoms with van der Waals surface area (Å²) in [6.45, 7) is 2.59. The molecule has 0 aliphatic carbocycles. The van der Waals surface area contributed by atoms with E-state index in [1.165, 1.54) is 5.56 Å². The van der Waals surface area contributed by atoms with Gasteiger partial charge in [-0.1, -0.05) is 29.8 Å². The standard InChI is InChI=1S/C10H15NO/c1-8-4-3-5-9(6-8)10(7-11)12-2/h3-6,10H,7,11H2,1-2H3. The van der Waals surface area contributed by atoms with Crippen molar-refractivity contribution in [3.8, 4) is 0 Å². The first-order valence-corrected chi connectivity index (χ1v) is 4.07. The highest BCUT2D eigenvalue weighted by Crippen LogP contribution is 2.15. The van der Waals surface area contributed by atoms with Gasteiger partial charge in [0.1, 0.15) is 0 Å². The number of rotatable bonds is 3. The predicted molar refractivity (Wildman–Crippen MR) is 50.0 cm³/mol. The summed E-state index contributed by atoms with van der Waals surface area (Å²) in [5.41, 5.74) is 7.93. The number of ether oxygens (including phenoxy) is 1. The van der Waals surface area contributed by atoms with Crippen molar-refractivity contribution >= 4 is 0 Å². The molecule has 1 aromatic rings. The van der Waals surface area contributed by atoms with Gasteiger partial charge in [-0.15, -0.1) is 0 Å². The van der Waals surface area contributed by atoms with Crippen LogP contribution in [0.15, 0.2) is 24.3 Å². The van der Waals surface area contributed by atoms with E-state index in [1.54, 1.807) is 7.11 Å². The highest BCUT2D eigenvalue weighted by Gasteiger charge is 2.06. The molecule has 2 heteroatoms. The molecule has 1 unspecified atom stereocenters. The van der Waals surface area contributed by atoms with E-state index in [4.69, 9.17) is 10.5 Å². The second kappa shape index (κ2) is 4.24. The first kappa shape index (κ1) is 9.23. The minimum atomic E-state index is 0.0323. The molecule has 0 spiro atoms. The maximum atomic E-state index is 5.54. The molecule has 0 bridgehead atoms. The van der Waals surface area contributed by atoms with Crippen LogP contribution in [-0.4, -0.2) is 13.7 Å². The lowest BCUT2D eigenvalue weighted by Crippen LogP contribution is -2.14. The average Bonchev–Trinajstić information content (AvgIpc) is 2.07. The molecule has 2 N–H and O–H groups in total. The van der Waals surface area contributed by atoms with Crippen LogP contribution in [0.2, 0.25) is 0 Å². The minimum Gasteiger partial charge on any atom is -0.375 e. The SMILES string of the molecule is COC(CN)c1cccc(C)c1. The summed E-state index contributed by atoms with van der Waals surface area (Å²) in [6.07, 6.45) is 0.0323. The maximum Gasteiger partial charge on any atom is 0.0943 e. The molecule has 0 heterocycles. The summed E-state index contributed by atoms with van der Waals surface area (Å²) >= 11 is 0. The Hall–Kier alpha value is -0.860. The predicted octanol–water partition coefficient (Wildman–Crippen LogP) is 1.64. The Kier molecular flexibility index (Phi) is 3.26. The molecule has 66 valence electrons. The van der Waals surface area contributed by atoms with Gasteiger partial charge in [0.25, 0.3) is 0 Å². The van der Waals surface area contributed by atoms with Crippen LogP contribution >= 0.6 is 0 Å². The highest BCUT2D eigenvalue weighted by atomic mass is 16.5. The molecule has 0 saturated carbocycles. The Balaban J connectivity index is 2.85. The smallest absolute Gasteiger partial charge is 0.0943 e. The molecule has 0 radical (unpaired) electrons. The summed E-state index contributed by atoms with van der Waals surface area (Å²) in [5.74, 6) is 0. The lowest BCUT2D eigenvalue weighted by Gasteiger charge is -2.13. The summed E-state index contributed by atoms with van der Waals surface area (Å²) in [7, 11) is 1.68. The molecule has 0 aliphatic heterocycles. The molecule has 1 atom stereocenters. The summed E-state index contributed by atoms with van der Waals surface area (Å²) < 4.78 is 5.22. The molecule has 0 amide bonds. The Morgan fingerprint density at radius 1 is 1.50 bits per heavy atom. The molecular formula is C10H15NO. The van der Waals surface area contributed by atoms with Gasteiger partial charge in [-0.05, 0) is 12.5 Å². The number of benzene rings is 1. The van der Waals surface area contributed by atoms with Crippen LogP contribution in [0.1, 0.15) is 17.2 Å². The monoisotopic (exact) mass is 165 g/mol. The molecule has 0 aliphatic rings. The fourth-order valence-electron chi connectivity index (χ4n) is 1.24. The van der Waals surface area contributed by atoms with Gasteiger partial charge in [0.2, 0.25) is 0 Å². The summed E-state index contributed by atoms with van der Waals surface area (Å²) in [5, 5.41) is 0. The average molecular weight is 165 g/mol. The Morgan fingerprint density at radius 3 is 2.75 bits per heavy atom. The number of hydrogen-bond acceptors (Lipinski definition) is 2. The molecule has 0 fully saturated rings. The van der Waals surface area contributed by atoms with Crippen LogP contribution in [0.3, 0.4) is 0 Å². The van der Waals surface area contributed by atoms with Crippen molar-refractivity contribution in [2.45, 2.75) is 13.0 Å². The minimum absolute atomic E-state index is 0.0323. The molecular weight excluding hydrogens is 150 g/mol. The van der Waals surface area contributed by atoms with E-state index < -0.39 is 0 Å². The third kappa shape index (κ3) is 2.06. The van der Waals surface area contributed by atoms with Crippen LogP contribution < -0.4 is 5.73 Å². The number of nitrogens with two attached hydrogens (primary N) is 1. The molecule has 0 aromatic heterocycles. The molecule has 2 nitrogen and oxygen atoms in total. The summed E-state index contributed by atoms with van der Waals surface area (Å²) in [6, 6.07) is 8.22. The highest BCUT2D eigenvalue weighted by molar-refractivity contribution is 5.24. The van der Waals surface area contributed by atoms with Crippen molar-refractivity contribution in [1.29, 1.82) is 0 Å². The van der Waals surface area contributed by atoms with Crippen molar-refractivity contribution in [1.82, 2.24) is 0 Å². The zero-order valence-corrected chi connectivity index (χ0v) is 7.58. The molecule has 12 heavy (non-hydrogen) atoms. The van der Waals surface area contributed by atoms with E-state index in [1.807, 2.05) is 12.1 Å². The van der Waals surface area contributed by atoms with Gasteiger partial charge in [-0.3, -0.25) is 0 Å². The normalized spacial score (nSPS) is 12.9. The molecule has 1 aromatic carbocycles. The zero-order valence-electron chi connectivity index (χ0n) is 7.58. The van der Waals surface area contributed by atoms with Gasteiger partial charge in [0.15, 0.2) is 0 Å². The second-order valence-electron chi connectivity index (χ2n) is 2.87. The van der Waals surface area contributed by atoms with Gasteiger partial charge in [0, 0.05) is 13.7 Å². The van der Waals surface area contributed by atoms with Crippen molar-refractivity contribution in [2.24, 2.45) is 5.73 Å². The van der Waals surface area contributed by atoms with E-state index in [-0.39, 0.29) is 6.10 Å². The van der Waals surface area contributed by atoms with Crippen LogP contribution in [0.4, 0.5) is 0 Å². The van der Waals surface area contributed by atoms with Gasteiger partial charge < -0.3 is 10.5 Å². The third-order valence-electron chi connectivity index (χ3n) is 1.91. The first-order valence-electron chi connectivity index (χ1n) is 4.07. The fraction of sp³-hybridized carbons (Fsp3) is 0.400. The fourth-order valence-corrected chi connectivity index (χ4v) is 1.24. The van der Waals surface area contributed by atoms with Crippen molar-refractivity contribution < 1.29 is 4.74 Å². The van der Waals surface area contributed by atoms with E-state index in [0.29, 0.717) is 6.54 Å². The Morgan fingerprint density at radius 2 is 2.25 bits per heavy atom. The topological polar surface area (TPSA) is 35.2 Å². The largest absolute Gasteiger partial charge is 0.375 e. The van der Waals surface area contributed by atoms with E-state index in [0.717, 1.165) is 5.56 Å². The van der Waals surface area contributed by atoms with Gasteiger partial charge in [-0.2, -0.15) is 0 Å². The van der Waals surface area contributed by atoms with Crippen LogP contribution in [-0.2, 0) is 4.74 Å². The lowest BCUT2D eigenvalue weighted by atomic mass is 10.1. The quantitative estimate of drug-likeness (QED) is 0.739. The van der Waals surface area contributed by atoms with Crippen LogP contribution in [0.5, 0.6) is 0 Å². The lowest BCUT2D eigenvalue weighted by molar-refractivity contribution is 0.110. The third-order valence-corrected chi connectivity index (χ3v) is 1.91. The van der Waals surface area contributed by atoms with Crippen molar-refractivity contribution in [2.75, 3.05) is 13.7 Å². The molecule has 0 saturated heterocycles. The first-order chi connectivity index (χ1) is 5.77. The van der Waals surface area contributed by atoms with Gasteiger partial charge in [-0.25, -0.2) is 0 Å². The van der Waals surface area contributed by atoms with Crippen molar-refractivity contribution in [3.63, 3.8) is 0 Å². The summed E-state index contributed by atoms with van der Waals surface area (Å²) in [4.78, 5) is 0. The Labute approximate surface area is 73.3 Å². The van der Waals surface area contributed by atoms with Gasteiger partial charge in [0.05, 0.1) is 6.10 Å². The maximum absolute atomic E-state index is 5.54. The van der Waals surface area contributed by atoms with Crippen LogP contribution in [0.25, 0.3) is 0 Å². The second-order valence-corrected chi connectivity index (χ2v) is 2.87. The van der Waals surface area contributed by atoms with E-state index in [9.17, 15) is 0 Å². The van der Waals surface area contributed by atoms with Gasteiger partial charge >= 0.3 is 0 Å². The van der Waals surface area contributed by atoms with Crippen molar-refractivity contribution in [3.05, 3.63) is 35.4 Å². The molecule has 1 rings (SSSR count). The zero-order chi connectivity index (χ0) is 8.97. The van der Waals surface area contributed by atoms with E-state index >= 15 is 0 Å². The Bertz CT molecular complexity index is 243. The van der Waals surface area contributed by atoms with E-state index in [2.05, 4.69) is 19.1 Å². The number of aryl methyl sites for hydroxylation is 1. The van der Waals surface area contributed by atoms with Crippen LogP contribution in [0, 0.1) is 6.92 Å². The number of hydrogen-bond donors (Lipinski definition) is 1.